The van der Waals surface area contributed by atoms with Crippen molar-refractivity contribution in [3.05, 3.63) is 12.2 Å². The lowest BCUT2D eigenvalue weighted by Crippen LogP contribution is -2.20. The van der Waals surface area contributed by atoms with E-state index in [1.165, 1.54) is 12.0 Å². The van der Waals surface area contributed by atoms with Crippen molar-refractivity contribution in [1.29, 1.82) is 0 Å². The summed E-state index contributed by atoms with van der Waals surface area (Å²) in [5, 5.41) is 1.16. The Morgan fingerprint density at radius 1 is 0.864 bits per heavy atom. The maximum Gasteiger partial charge on any atom is 0.138 e. The minimum absolute atomic E-state index is 0.196. The SMILES string of the molecule is C=C(CCC(C)SSC(C)CCC(=O)C(C)(C)C)C(C)(C)C. The van der Waals surface area contributed by atoms with Crippen LogP contribution in [0, 0.1) is 10.8 Å². The molecule has 0 amide bonds. The second-order valence-corrected chi connectivity index (χ2v) is 11.6. The summed E-state index contributed by atoms with van der Waals surface area (Å²) in [4.78, 5) is 12.0. The molecule has 0 radical (unpaired) electrons. The van der Waals surface area contributed by atoms with E-state index in [-0.39, 0.29) is 10.8 Å². The van der Waals surface area contributed by atoms with Crippen molar-refractivity contribution in [1.82, 2.24) is 0 Å². The average molecular weight is 345 g/mol. The van der Waals surface area contributed by atoms with Gasteiger partial charge in [0.25, 0.3) is 0 Å². The van der Waals surface area contributed by atoms with Crippen molar-refractivity contribution in [3.63, 3.8) is 0 Å². The maximum atomic E-state index is 12.0. The van der Waals surface area contributed by atoms with Crippen molar-refractivity contribution >= 4 is 27.4 Å². The molecule has 0 fully saturated rings. The first kappa shape index (κ1) is 22.1. The number of ketones is 1. The molecular weight excluding hydrogens is 308 g/mol. The second-order valence-electron chi connectivity index (χ2n) is 8.42. The molecule has 2 atom stereocenters. The Morgan fingerprint density at radius 2 is 1.27 bits per heavy atom. The molecule has 0 saturated carbocycles. The number of allylic oxidation sites excluding steroid dienone is 1. The third-order valence-electron chi connectivity index (χ3n) is 3.91. The van der Waals surface area contributed by atoms with Crippen LogP contribution in [0.4, 0.5) is 0 Å². The number of rotatable bonds is 9. The molecule has 0 bridgehead atoms. The quantitative estimate of drug-likeness (QED) is 0.334. The predicted octanol–water partition coefficient (Wildman–Crippen LogP) is 6.92. The van der Waals surface area contributed by atoms with E-state index in [1.807, 2.05) is 42.4 Å². The Balaban J connectivity index is 3.93. The Hall–Kier alpha value is 0.110. The third kappa shape index (κ3) is 9.99. The van der Waals surface area contributed by atoms with Crippen molar-refractivity contribution in [3.8, 4) is 0 Å². The molecule has 22 heavy (non-hydrogen) atoms. The summed E-state index contributed by atoms with van der Waals surface area (Å²) in [5.74, 6) is 0.375. The topological polar surface area (TPSA) is 17.1 Å². The number of carbonyl (C=O) groups is 1. The second kappa shape index (κ2) is 9.42. The van der Waals surface area contributed by atoms with Crippen molar-refractivity contribution < 1.29 is 4.79 Å². The fourth-order valence-corrected chi connectivity index (χ4v) is 4.27. The summed E-state index contributed by atoms with van der Waals surface area (Å²) in [6, 6.07) is 0. The van der Waals surface area contributed by atoms with Crippen LogP contribution in [0.3, 0.4) is 0 Å². The van der Waals surface area contributed by atoms with Crippen LogP contribution in [0.25, 0.3) is 0 Å². The van der Waals surface area contributed by atoms with E-state index in [0.29, 0.717) is 22.7 Å². The first-order valence-electron chi connectivity index (χ1n) is 8.37. The number of Topliss-reactive ketones (excluding diaryl/α,β-unsaturated/α-hetero) is 1. The molecule has 3 heteroatoms. The lowest BCUT2D eigenvalue weighted by Gasteiger charge is -2.23. The Bertz CT molecular complexity index is 325. The van der Waals surface area contributed by atoms with Crippen LogP contribution in [0.15, 0.2) is 12.2 Å². The summed E-state index contributed by atoms with van der Waals surface area (Å²) >= 11 is 0. The molecule has 0 aliphatic carbocycles. The standard InChI is InChI=1S/C19H36OS2/c1-14(18(4,5)6)10-11-15(2)21-22-16(3)12-13-17(20)19(7,8)9/h15-16H,1,10-13H2,2-9H3. The zero-order chi connectivity index (χ0) is 17.6. The highest BCUT2D eigenvalue weighted by atomic mass is 33.1. The number of hydrogen-bond donors (Lipinski definition) is 0. The monoisotopic (exact) mass is 344 g/mol. The molecule has 0 aromatic carbocycles. The van der Waals surface area contributed by atoms with Crippen molar-refractivity contribution in [2.75, 3.05) is 0 Å². The summed E-state index contributed by atoms with van der Waals surface area (Å²) in [6.07, 6.45) is 3.97. The van der Waals surface area contributed by atoms with E-state index in [0.717, 1.165) is 12.8 Å². The Morgan fingerprint density at radius 3 is 1.64 bits per heavy atom. The van der Waals surface area contributed by atoms with E-state index >= 15 is 0 Å². The molecule has 0 aliphatic heterocycles. The van der Waals surface area contributed by atoms with Gasteiger partial charge in [0.05, 0.1) is 0 Å². The highest BCUT2D eigenvalue weighted by Crippen LogP contribution is 2.37. The van der Waals surface area contributed by atoms with Crippen molar-refractivity contribution in [2.45, 2.75) is 91.6 Å². The molecule has 1 nitrogen and oxygen atoms in total. The first-order valence-corrected chi connectivity index (χ1v) is 10.7. The van der Waals surface area contributed by atoms with Crippen LogP contribution < -0.4 is 0 Å². The zero-order valence-electron chi connectivity index (χ0n) is 15.9. The highest BCUT2D eigenvalue weighted by molar-refractivity contribution is 8.77. The molecule has 0 heterocycles. The summed E-state index contributed by atoms with van der Waals surface area (Å²) < 4.78 is 0. The average Bonchev–Trinajstić information content (AvgIpc) is 2.37. The minimum atomic E-state index is -0.196. The van der Waals surface area contributed by atoms with E-state index in [9.17, 15) is 4.79 Å². The minimum Gasteiger partial charge on any atom is -0.299 e. The molecule has 0 N–H and O–H groups in total. The van der Waals surface area contributed by atoms with Gasteiger partial charge in [0.15, 0.2) is 0 Å². The molecule has 0 aliphatic rings. The van der Waals surface area contributed by atoms with Crippen LogP contribution in [0.5, 0.6) is 0 Å². The summed E-state index contributed by atoms with van der Waals surface area (Å²) in [5.41, 5.74) is 1.37. The predicted molar refractivity (Wildman–Crippen MR) is 106 cm³/mol. The molecule has 0 aromatic heterocycles. The maximum absolute atomic E-state index is 12.0. The van der Waals surface area contributed by atoms with Gasteiger partial charge < -0.3 is 0 Å². The largest absolute Gasteiger partial charge is 0.299 e. The van der Waals surface area contributed by atoms with Gasteiger partial charge in [-0.1, -0.05) is 89.1 Å². The summed E-state index contributed by atoms with van der Waals surface area (Å²) in [7, 11) is 3.89. The molecular formula is C19H36OS2. The first-order chi connectivity index (χ1) is 9.84. The molecule has 2 unspecified atom stereocenters. The normalized spacial score (nSPS) is 15.5. The van der Waals surface area contributed by atoms with Gasteiger partial charge in [-0.2, -0.15) is 0 Å². The van der Waals surface area contributed by atoms with E-state index in [4.69, 9.17) is 0 Å². The Labute approximate surface area is 146 Å². The van der Waals surface area contributed by atoms with Crippen LogP contribution in [0.1, 0.15) is 81.1 Å². The lowest BCUT2D eigenvalue weighted by atomic mass is 9.85. The van der Waals surface area contributed by atoms with Crippen molar-refractivity contribution in [2.24, 2.45) is 10.8 Å². The molecule has 130 valence electrons. The van der Waals surface area contributed by atoms with Gasteiger partial charge in [-0.15, -0.1) is 0 Å². The Kier molecular flexibility index (Phi) is 9.46. The van der Waals surface area contributed by atoms with Crippen LogP contribution in [-0.2, 0) is 4.79 Å². The van der Waals surface area contributed by atoms with Gasteiger partial charge in [-0.25, -0.2) is 0 Å². The molecule has 0 spiro atoms. The third-order valence-corrected chi connectivity index (χ3v) is 7.46. The van der Waals surface area contributed by atoms with Crippen LogP contribution in [0.2, 0.25) is 0 Å². The zero-order valence-corrected chi connectivity index (χ0v) is 17.5. The van der Waals surface area contributed by atoms with E-state index in [2.05, 4.69) is 41.2 Å². The molecule has 0 saturated heterocycles. The lowest BCUT2D eigenvalue weighted by molar-refractivity contribution is -0.126. The van der Waals surface area contributed by atoms with E-state index < -0.39 is 0 Å². The fourth-order valence-electron chi connectivity index (χ4n) is 1.75. The number of hydrogen-bond acceptors (Lipinski definition) is 3. The van der Waals surface area contributed by atoms with Crippen LogP contribution in [-0.4, -0.2) is 16.3 Å². The van der Waals surface area contributed by atoms with Gasteiger partial charge in [0, 0.05) is 22.3 Å². The van der Waals surface area contributed by atoms with Gasteiger partial charge in [-0.3, -0.25) is 4.79 Å². The molecule has 0 aromatic rings. The van der Waals surface area contributed by atoms with Gasteiger partial charge in [0.1, 0.15) is 5.78 Å². The summed E-state index contributed by atoms with van der Waals surface area (Å²) in [6.45, 7) is 21.4. The van der Waals surface area contributed by atoms with Gasteiger partial charge >= 0.3 is 0 Å². The van der Waals surface area contributed by atoms with Crippen LogP contribution >= 0.6 is 21.6 Å². The van der Waals surface area contributed by atoms with Gasteiger partial charge in [-0.05, 0) is 24.7 Å². The highest BCUT2D eigenvalue weighted by Gasteiger charge is 2.21. The number of carbonyl (C=O) groups excluding carboxylic acids is 1. The van der Waals surface area contributed by atoms with Gasteiger partial charge in [0.2, 0.25) is 0 Å². The van der Waals surface area contributed by atoms with E-state index in [1.54, 1.807) is 0 Å². The molecule has 0 rings (SSSR count). The fraction of sp³-hybridized carbons (Fsp3) is 0.842. The smallest absolute Gasteiger partial charge is 0.138 e.